The number of nitriles is 1. The van der Waals surface area contributed by atoms with Gasteiger partial charge in [0.05, 0.1) is 11.1 Å². The van der Waals surface area contributed by atoms with Gasteiger partial charge in [-0.1, -0.05) is 12.5 Å². The molecule has 0 amide bonds. The minimum absolute atomic E-state index is 0.530. The van der Waals surface area contributed by atoms with Crippen LogP contribution in [0.25, 0.3) is 10.9 Å². The smallest absolute Gasteiger partial charge is 0.128 e. The summed E-state index contributed by atoms with van der Waals surface area (Å²) in [5.41, 5.74) is 3.97. The fourth-order valence-corrected chi connectivity index (χ4v) is 5.98. The van der Waals surface area contributed by atoms with Gasteiger partial charge >= 0.3 is 0 Å². The van der Waals surface area contributed by atoms with Crippen molar-refractivity contribution in [2.24, 2.45) is 0 Å². The Hall–Kier alpha value is -3.21. The topological polar surface area (TPSA) is 71.3 Å². The van der Waals surface area contributed by atoms with Crippen LogP contribution in [0.5, 0.6) is 0 Å². The lowest BCUT2D eigenvalue weighted by Crippen LogP contribution is -2.60. The molecule has 7 heteroatoms. The summed E-state index contributed by atoms with van der Waals surface area (Å²) >= 11 is 0. The van der Waals surface area contributed by atoms with Crippen LogP contribution >= 0.6 is 0 Å². The molecule has 0 aliphatic carbocycles. The number of hydrogen-bond acceptors (Lipinski definition) is 7. The Morgan fingerprint density at radius 1 is 0.971 bits per heavy atom. The fraction of sp³-hybridized carbons (Fsp3) is 0.444. The van der Waals surface area contributed by atoms with Gasteiger partial charge in [-0.25, -0.2) is 4.98 Å². The van der Waals surface area contributed by atoms with Crippen LogP contribution in [0.1, 0.15) is 30.4 Å². The molecule has 3 aromatic rings. The number of hydrogen-bond donors (Lipinski definition) is 1. The molecule has 0 spiro atoms. The first kappa shape index (κ1) is 21.3. The summed E-state index contributed by atoms with van der Waals surface area (Å²) in [6.45, 7) is 7.10. The molecule has 174 valence electrons. The molecular formula is C27H31N7. The van der Waals surface area contributed by atoms with Crippen molar-refractivity contribution in [3.63, 3.8) is 0 Å². The van der Waals surface area contributed by atoms with Crippen LogP contribution in [0.2, 0.25) is 0 Å². The lowest BCUT2D eigenvalue weighted by Gasteiger charge is -2.51. The quantitative estimate of drug-likeness (QED) is 0.651. The van der Waals surface area contributed by atoms with E-state index >= 15 is 0 Å². The second kappa shape index (κ2) is 9.21. The molecule has 2 unspecified atom stereocenters. The molecule has 34 heavy (non-hydrogen) atoms. The van der Waals surface area contributed by atoms with E-state index in [9.17, 15) is 5.26 Å². The first-order valence-corrected chi connectivity index (χ1v) is 12.5. The highest BCUT2D eigenvalue weighted by Crippen LogP contribution is 2.35. The van der Waals surface area contributed by atoms with E-state index in [2.05, 4.69) is 61.5 Å². The Labute approximate surface area is 201 Å². The number of fused-ring (bicyclic) bond motifs is 3. The highest BCUT2D eigenvalue weighted by atomic mass is 15.3. The number of nitrogens with one attached hydrogen (secondary N) is 1. The predicted octanol–water partition coefficient (Wildman–Crippen LogP) is 3.15. The number of piperidine rings is 1. The molecule has 3 aliphatic heterocycles. The SMILES string of the molecule is N#Cc1ccc(N2CC3CCCC(C2)N3Cc2ccc(N3CCNCC3)nc2)c2cccnc12. The van der Waals surface area contributed by atoms with Gasteiger partial charge in [0.2, 0.25) is 0 Å². The number of nitrogens with zero attached hydrogens (tertiary/aromatic N) is 6. The predicted molar refractivity (Wildman–Crippen MR) is 135 cm³/mol. The highest BCUT2D eigenvalue weighted by Gasteiger charge is 2.37. The van der Waals surface area contributed by atoms with E-state index in [1.807, 2.05) is 12.1 Å². The summed E-state index contributed by atoms with van der Waals surface area (Å²) in [4.78, 5) is 16.9. The summed E-state index contributed by atoms with van der Waals surface area (Å²) in [6.07, 6.45) is 7.62. The van der Waals surface area contributed by atoms with Gasteiger partial charge in [-0.3, -0.25) is 9.88 Å². The largest absolute Gasteiger partial charge is 0.368 e. The van der Waals surface area contributed by atoms with Crippen LogP contribution in [-0.4, -0.2) is 66.2 Å². The Balaban J connectivity index is 1.20. The number of benzene rings is 1. The molecule has 0 saturated carbocycles. The van der Waals surface area contributed by atoms with E-state index in [1.54, 1.807) is 6.20 Å². The normalized spacial score (nSPS) is 23.1. The van der Waals surface area contributed by atoms with Gasteiger partial charge < -0.3 is 15.1 Å². The third-order valence-electron chi connectivity index (χ3n) is 7.70. The third kappa shape index (κ3) is 3.97. The number of anilines is 2. The number of rotatable bonds is 4. The van der Waals surface area contributed by atoms with Gasteiger partial charge in [0, 0.05) is 81.4 Å². The van der Waals surface area contributed by atoms with E-state index in [0.717, 1.165) is 62.5 Å². The summed E-state index contributed by atoms with van der Waals surface area (Å²) in [5, 5.41) is 14.0. The molecule has 3 fully saturated rings. The van der Waals surface area contributed by atoms with E-state index < -0.39 is 0 Å². The van der Waals surface area contributed by atoms with Crippen molar-refractivity contribution in [3.05, 3.63) is 59.9 Å². The van der Waals surface area contributed by atoms with E-state index in [-0.39, 0.29) is 0 Å². The van der Waals surface area contributed by atoms with Crippen LogP contribution in [0.15, 0.2) is 48.8 Å². The Morgan fingerprint density at radius 2 is 1.79 bits per heavy atom. The average molecular weight is 454 g/mol. The summed E-state index contributed by atoms with van der Waals surface area (Å²) < 4.78 is 0. The van der Waals surface area contributed by atoms with Crippen molar-refractivity contribution < 1.29 is 0 Å². The highest BCUT2D eigenvalue weighted by molar-refractivity contribution is 5.95. The zero-order chi connectivity index (χ0) is 22.9. The van der Waals surface area contributed by atoms with Crippen LogP contribution in [0.4, 0.5) is 11.5 Å². The summed E-state index contributed by atoms with van der Waals surface area (Å²) in [6, 6.07) is 15.9. The molecule has 7 nitrogen and oxygen atoms in total. The molecule has 2 aromatic heterocycles. The molecule has 3 aliphatic rings. The van der Waals surface area contributed by atoms with E-state index in [4.69, 9.17) is 4.98 Å². The lowest BCUT2D eigenvalue weighted by atomic mass is 9.90. The lowest BCUT2D eigenvalue weighted by molar-refractivity contribution is 0.0581. The molecular weight excluding hydrogens is 422 g/mol. The Morgan fingerprint density at radius 3 is 2.53 bits per heavy atom. The molecule has 2 atom stereocenters. The first-order valence-electron chi connectivity index (χ1n) is 12.5. The van der Waals surface area contributed by atoms with Crippen molar-refractivity contribution in [1.82, 2.24) is 20.2 Å². The van der Waals surface area contributed by atoms with Crippen LogP contribution < -0.4 is 15.1 Å². The monoisotopic (exact) mass is 453 g/mol. The maximum absolute atomic E-state index is 9.51. The minimum Gasteiger partial charge on any atom is -0.368 e. The summed E-state index contributed by atoms with van der Waals surface area (Å²) in [5.74, 6) is 1.09. The van der Waals surface area contributed by atoms with Crippen molar-refractivity contribution in [1.29, 1.82) is 5.26 Å². The molecule has 0 radical (unpaired) electrons. The Bertz CT molecular complexity index is 1180. The van der Waals surface area contributed by atoms with Gasteiger partial charge in [0.1, 0.15) is 11.9 Å². The summed E-state index contributed by atoms with van der Waals surface area (Å²) in [7, 11) is 0. The van der Waals surface area contributed by atoms with Gasteiger partial charge in [-0.05, 0) is 48.7 Å². The Kier molecular flexibility index (Phi) is 5.78. The molecule has 5 heterocycles. The second-order valence-electron chi connectivity index (χ2n) is 9.72. The van der Waals surface area contributed by atoms with Crippen molar-refractivity contribution >= 4 is 22.4 Å². The zero-order valence-corrected chi connectivity index (χ0v) is 19.5. The molecule has 3 saturated heterocycles. The number of pyridine rings is 2. The standard InChI is InChI=1S/C27H31N7/c28-15-21-7-8-25(24-5-2-10-30-27(21)24)33-18-22-3-1-4-23(19-33)34(22)17-20-6-9-26(31-16-20)32-13-11-29-12-14-32/h2,5-10,16,22-23,29H,1,3-4,11-14,17-19H2. The van der Waals surface area contributed by atoms with E-state index in [0.29, 0.717) is 17.6 Å². The number of piperazine rings is 2. The minimum atomic E-state index is 0.530. The fourth-order valence-electron chi connectivity index (χ4n) is 5.98. The first-order chi connectivity index (χ1) is 16.8. The average Bonchev–Trinajstić information content (AvgIpc) is 2.89. The van der Waals surface area contributed by atoms with Crippen molar-refractivity contribution in [3.8, 4) is 6.07 Å². The third-order valence-corrected chi connectivity index (χ3v) is 7.70. The maximum atomic E-state index is 9.51. The van der Waals surface area contributed by atoms with Crippen LogP contribution in [-0.2, 0) is 6.54 Å². The maximum Gasteiger partial charge on any atom is 0.128 e. The van der Waals surface area contributed by atoms with Gasteiger partial charge in [-0.15, -0.1) is 0 Å². The van der Waals surface area contributed by atoms with Crippen molar-refractivity contribution in [2.75, 3.05) is 49.1 Å². The number of aromatic nitrogens is 2. The van der Waals surface area contributed by atoms with Crippen molar-refractivity contribution in [2.45, 2.75) is 37.9 Å². The van der Waals surface area contributed by atoms with E-state index in [1.165, 1.54) is 30.5 Å². The van der Waals surface area contributed by atoms with Gasteiger partial charge in [0.25, 0.3) is 0 Å². The second-order valence-corrected chi connectivity index (χ2v) is 9.72. The molecule has 6 rings (SSSR count). The molecule has 1 N–H and O–H groups in total. The van der Waals surface area contributed by atoms with Crippen LogP contribution in [0.3, 0.4) is 0 Å². The van der Waals surface area contributed by atoms with Gasteiger partial charge in [0.15, 0.2) is 0 Å². The zero-order valence-electron chi connectivity index (χ0n) is 19.5. The van der Waals surface area contributed by atoms with Crippen LogP contribution in [0, 0.1) is 11.3 Å². The molecule has 1 aromatic carbocycles. The van der Waals surface area contributed by atoms with Gasteiger partial charge in [-0.2, -0.15) is 5.26 Å². The molecule has 2 bridgehead atoms.